The summed E-state index contributed by atoms with van der Waals surface area (Å²) in [6.07, 6.45) is 1.81. The minimum absolute atomic E-state index is 0.464. The first-order valence-electron chi connectivity index (χ1n) is 5.23. The van der Waals surface area contributed by atoms with Crippen molar-refractivity contribution in [1.82, 2.24) is 4.68 Å². The first kappa shape index (κ1) is 11.0. The van der Waals surface area contributed by atoms with E-state index in [1.54, 1.807) is 4.68 Å². The van der Waals surface area contributed by atoms with Crippen LogP contribution >= 0.6 is 11.3 Å². The Labute approximate surface area is 98.9 Å². The Morgan fingerprint density at radius 3 is 2.69 bits per heavy atom. The molecular weight excluding hydrogens is 218 g/mol. The number of aromatic nitrogens is 1. The Morgan fingerprint density at radius 2 is 2.06 bits per heavy atom. The van der Waals surface area contributed by atoms with E-state index in [0.29, 0.717) is 5.92 Å². The molecule has 16 heavy (non-hydrogen) atoms. The number of benzene rings is 1. The third-order valence-corrected chi connectivity index (χ3v) is 3.16. The van der Waals surface area contributed by atoms with Crippen molar-refractivity contribution in [2.75, 3.05) is 5.84 Å². The van der Waals surface area contributed by atoms with Gasteiger partial charge in [-0.2, -0.15) is 0 Å². The van der Waals surface area contributed by atoms with Gasteiger partial charge in [0, 0.05) is 11.6 Å². The predicted molar refractivity (Wildman–Crippen MR) is 68.2 cm³/mol. The maximum Gasteiger partial charge on any atom is 0.208 e. The summed E-state index contributed by atoms with van der Waals surface area (Å²) in [5.74, 6) is 6.21. The molecule has 0 aliphatic heterocycles. The molecule has 0 saturated heterocycles. The van der Waals surface area contributed by atoms with Crippen LogP contribution in [0.25, 0.3) is 0 Å². The van der Waals surface area contributed by atoms with Crippen LogP contribution in [0.15, 0.2) is 40.8 Å². The van der Waals surface area contributed by atoms with E-state index < -0.39 is 0 Å². The highest BCUT2D eigenvalue weighted by Gasteiger charge is 2.04. The fraction of sp³-hybridized carbons (Fsp3) is 0.250. The minimum atomic E-state index is 0.464. The number of rotatable bonds is 2. The van der Waals surface area contributed by atoms with E-state index in [-0.39, 0.29) is 0 Å². The fourth-order valence-electron chi connectivity index (χ4n) is 1.55. The highest BCUT2D eigenvalue weighted by Crippen LogP contribution is 2.25. The van der Waals surface area contributed by atoms with Gasteiger partial charge in [0.25, 0.3) is 0 Å². The Morgan fingerprint density at radius 1 is 1.31 bits per heavy atom. The molecule has 0 unspecified atom stereocenters. The average molecular weight is 233 g/mol. The lowest BCUT2D eigenvalue weighted by atomic mass is 10.0. The Balaban J connectivity index is 2.54. The maximum atomic E-state index is 5.75. The molecule has 2 N–H and O–H groups in total. The van der Waals surface area contributed by atoms with Crippen molar-refractivity contribution in [2.24, 2.45) is 4.99 Å². The first-order valence-corrected chi connectivity index (χ1v) is 6.11. The van der Waals surface area contributed by atoms with Crippen LogP contribution in [0.5, 0.6) is 0 Å². The van der Waals surface area contributed by atoms with Crippen molar-refractivity contribution < 1.29 is 0 Å². The van der Waals surface area contributed by atoms with Gasteiger partial charge in [0.15, 0.2) is 0 Å². The van der Waals surface area contributed by atoms with Crippen molar-refractivity contribution in [3.05, 3.63) is 46.2 Å². The lowest BCUT2D eigenvalue weighted by Crippen LogP contribution is -2.21. The quantitative estimate of drug-likeness (QED) is 0.796. The molecule has 1 heterocycles. The van der Waals surface area contributed by atoms with Gasteiger partial charge in [0.1, 0.15) is 0 Å². The lowest BCUT2D eigenvalue weighted by molar-refractivity contribution is 0.862. The first-order chi connectivity index (χ1) is 7.68. The van der Waals surface area contributed by atoms with Gasteiger partial charge < -0.3 is 5.84 Å². The normalized spacial score (nSPS) is 12.3. The highest BCUT2D eigenvalue weighted by molar-refractivity contribution is 7.07. The van der Waals surface area contributed by atoms with Gasteiger partial charge in [-0.3, -0.25) is 0 Å². The van der Waals surface area contributed by atoms with Gasteiger partial charge in [-0.1, -0.05) is 32.0 Å². The molecule has 0 fully saturated rings. The second kappa shape index (κ2) is 4.53. The molecule has 4 heteroatoms. The minimum Gasteiger partial charge on any atom is -0.337 e. The number of thiazole rings is 1. The number of hydrogen-bond acceptors (Lipinski definition) is 3. The van der Waals surface area contributed by atoms with Crippen LogP contribution in [0.4, 0.5) is 5.69 Å². The van der Waals surface area contributed by atoms with Crippen molar-refractivity contribution in [3.63, 3.8) is 0 Å². The summed E-state index contributed by atoms with van der Waals surface area (Å²) >= 11 is 1.54. The number of nitrogens with zero attached hydrogens (tertiary/aromatic N) is 2. The predicted octanol–water partition coefficient (Wildman–Crippen LogP) is 2.62. The summed E-state index contributed by atoms with van der Waals surface area (Å²) in [5, 5.41) is 1.93. The highest BCUT2D eigenvalue weighted by atomic mass is 32.1. The molecule has 0 aliphatic carbocycles. The summed E-state index contributed by atoms with van der Waals surface area (Å²) in [4.78, 5) is 5.39. The van der Waals surface area contributed by atoms with Crippen LogP contribution in [-0.4, -0.2) is 4.68 Å². The molecule has 84 valence electrons. The summed E-state index contributed by atoms with van der Waals surface area (Å²) in [5.41, 5.74) is 2.25. The van der Waals surface area contributed by atoms with E-state index in [1.165, 1.54) is 16.9 Å². The second-order valence-electron chi connectivity index (χ2n) is 3.92. The van der Waals surface area contributed by atoms with E-state index >= 15 is 0 Å². The van der Waals surface area contributed by atoms with Crippen LogP contribution in [0.2, 0.25) is 0 Å². The molecule has 0 spiro atoms. The molecule has 0 bridgehead atoms. The SMILES string of the molecule is CC(C)c1ccccc1/N=c1\sccn1N. The molecular formula is C12H15N3S. The molecule has 3 nitrogen and oxygen atoms in total. The number of nitrogen functional groups attached to an aromatic ring is 1. The second-order valence-corrected chi connectivity index (χ2v) is 4.79. The monoisotopic (exact) mass is 233 g/mol. The molecule has 0 atom stereocenters. The van der Waals surface area contributed by atoms with Crippen molar-refractivity contribution in [3.8, 4) is 0 Å². The Bertz CT molecular complexity index is 537. The summed E-state index contributed by atoms with van der Waals surface area (Å²) in [6.45, 7) is 4.33. The molecule has 0 aliphatic rings. The van der Waals surface area contributed by atoms with Crippen LogP contribution in [-0.2, 0) is 0 Å². The zero-order chi connectivity index (χ0) is 11.5. The van der Waals surface area contributed by atoms with Gasteiger partial charge in [0.05, 0.1) is 5.69 Å². The molecule has 1 aromatic heterocycles. The smallest absolute Gasteiger partial charge is 0.208 e. The third kappa shape index (κ3) is 2.17. The topological polar surface area (TPSA) is 43.3 Å². The van der Waals surface area contributed by atoms with E-state index in [1.807, 2.05) is 29.8 Å². The lowest BCUT2D eigenvalue weighted by Gasteiger charge is -2.07. The molecule has 0 amide bonds. The van der Waals surface area contributed by atoms with E-state index in [4.69, 9.17) is 5.84 Å². The van der Waals surface area contributed by atoms with Gasteiger partial charge >= 0.3 is 0 Å². The van der Waals surface area contributed by atoms with Crippen LogP contribution < -0.4 is 10.6 Å². The van der Waals surface area contributed by atoms with Crippen LogP contribution in [0.3, 0.4) is 0 Å². The van der Waals surface area contributed by atoms with E-state index in [9.17, 15) is 0 Å². The number of hydrogen-bond donors (Lipinski definition) is 1. The number of para-hydroxylation sites is 1. The zero-order valence-electron chi connectivity index (χ0n) is 9.42. The molecule has 1 aromatic carbocycles. The summed E-state index contributed by atoms with van der Waals surface area (Å²) in [7, 11) is 0. The van der Waals surface area contributed by atoms with Gasteiger partial charge in [-0.15, -0.1) is 11.3 Å². The van der Waals surface area contributed by atoms with Crippen molar-refractivity contribution in [1.29, 1.82) is 0 Å². The zero-order valence-corrected chi connectivity index (χ0v) is 10.2. The van der Waals surface area contributed by atoms with Gasteiger partial charge in [0.2, 0.25) is 4.80 Å². The molecule has 0 radical (unpaired) electrons. The van der Waals surface area contributed by atoms with E-state index in [0.717, 1.165) is 10.5 Å². The largest absolute Gasteiger partial charge is 0.337 e. The third-order valence-electron chi connectivity index (χ3n) is 2.39. The van der Waals surface area contributed by atoms with Crippen molar-refractivity contribution >= 4 is 17.0 Å². The van der Waals surface area contributed by atoms with Gasteiger partial charge in [-0.05, 0) is 17.5 Å². The molecule has 0 saturated carbocycles. The summed E-state index contributed by atoms with van der Waals surface area (Å²) < 4.78 is 1.54. The Hall–Kier alpha value is -1.55. The van der Waals surface area contributed by atoms with Crippen molar-refractivity contribution in [2.45, 2.75) is 19.8 Å². The average Bonchev–Trinajstić information content (AvgIpc) is 2.65. The fourth-order valence-corrected chi connectivity index (χ4v) is 2.19. The maximum absolute atomic E-state index is 5.75. The molecule has 2 rings (SSSR count). The van der Waals surface area contributed by atoms with E-state index in [2.05, 4.69) is 24.9 Å². The summed E-state index contributed by atoms with van der Waals surface area (Å²) in [6, 6.07) is 8.17. The van der Waals surface area contributed by atoms with Gasteiger partial charge in [-0.25, -0.2) is 9.67 Å². The van der Waals surface area contributed by atoms with Crippen LogP contribution in [0, 0.1) is 0 Å². The number of nitrogens with two attached hydrogens (primary N) is 1. The Kier molecular flexibility index (Phi) is 3.10. The standard InChI is InChI=1S/C12H15N3S/c1-9(2)10-5-3-4-6-11(10)14-12-15(13)7-8-16-12/h3-9H,13H2,1-2H3/b14-12-. The molecule has 2 aromatic rings. The van der Waals surface area contributed by atoms with Crippen LogP contribution in [0.1, 0.15) is 25.3 Å².